The Labute approximate surface area is 169 Å². The maximum absolute atomic E-state index is 5.47. The summed E-state index contributed by atoms with van der Waals surface area (Å²) in [5.74, 6) is 0. The van der Waals surface area contributed by atoms with Crippen molar-refractivity contribution < 1.29 is 4.74 Å². The fraction of sp³-hybridized carbons (Fsp3) is 0.280. The predicted octanol–water partition coefficient (Wildman–Crippen LogP) is 3.71. The zero-order chi connectivity index (χ0) is 19.0. The number of rotatable bonds is 7. The van der Waals surface area contributed by atoms with Gasteiger partial charge in [-0.3, -0.25) is 4.90 Å². The molecule has 0 unspecified atom stereocenters. The van der Waals surface area contributed by atoms with Gasteiger partial charge >= 0.3 is 0 Å². The minimum Gasteiger partial charge on any atom is -0.379 e. The Kier molecular flexibility index (Phi) is 6.89. The summed E-state index contributed by atoms with van der Waals surface area (Å²) in [5, 5.41) is 4.34. The Balaban J connectivity index is 1.58. The predicted molar refractivity (Wildman–Crippen MR) is 121 cm³/mol. The van der Waals surface area contributed by atoms with E-state index in [0.717, 1.165) is 39.3 Å². The first-order chi connectivity index (χ1) is 13.9. The second-order valence-corrected chi connectivity index (χ2v) is 9.38. The molecular weight excluding hydrogens is 361 g/mol. The number of hydrogen-bond acceptors (Lipinski definition) is 2. The van der Waals surface area contributed by atoms with Crippen LogP contribution in [-0.2, 0) is 11.2 Å². The normalized spacial score (nSPS) is 15.0. The average molecular weight is 389 g/mol. The van der Waals surface area contributed by atoms with Gasteiger partial charge in [-0.15, -0.1) is 0 Å². The van der Waals surface area contributed by atoms with Gasteiger partial charge in [-0.2, -0.15) is 0 Å². The summed E-state index contributed by atoms with van der Waals surface area (Å²) in [5.41, 5.74) is 1.49. The van der Waals surface area contributed by atoms with Crippen molar-refractivity contribution >= 4 is 23.8 Å². The van der Waals surface area contributed by atoms with E-state index in [1.165, 1.54) is 27.9 Å². The molecule has 0 radical (unpaired) electrons. The highest BCUT2D eigenvalue weighted by Crippen LogP contribution is 2.34. The third-order valence-corrected chi connectivity index (χ3v) is 7.83. The van der Waals surface area contributed by atoms with Gasteiger partial charge < -0.3 is 4.74 Å². The van der Waals surface area contributed by atoms with Crippen molar-refractivity contribution in [3.8, 4) is 0 Å². The quantitative estimate of drug-likeness (QED) is 0.571. The lowest BCUT2D eigenvalue weighted by Gasteiger charge is -2.27. The molecule has 1 heterocycles. The Hall–Kier alpha value is -1.99. The standard InChI is InChI=1S/C25H28NOP/c1-3-12-23(13-4-1)28(24-14-5-2-6-15-24)25-16-8-7-10-22(25)11-9-17-26-18-20-27-21-19-26/h1-8,10,12-16H,9,11,17-21H2. The molecule has 0 saturated carbocycles. The molecule has 2 nitrogen and oxygen atoms in total. The molecule has 1 fully saturated rings. The van der Waals surface area contributed by atoms with Gasteiger partial charge in [-0.25, -0.2) is 0 Å². The highest BCUT2D eigenvalue weighted by atomic mass is 31.1. The molecule has 0 amide bonds. The van der Waals surface area contributed by atoms with Crippen molar-refractivity contribution in [1.82, 2.24) is 4.90 Å². The van der Waals surface area contributed by atoms with Crippen LogP contribution >= 0.6 is 7.92 Å². The fourth-order valence-corrected chi connectivity index (χ4v) is 6.34. The second kappa shape index (κ2) is 9.98. The Bertz CT molecular complexity index is 807. The van der Waals surface area contributed by atoms with Crippen LogP contribution in [0.25, 0.3) is 0 Å². The maximum atomic E-state index is 5.47. The van der Waals surface area contributed by atoms with Gasteiger partial charge in [-0.05, 0) is 48.8 Å². The first-order valence-corrected chi connectivity index (χ1v) is 11.5. The van der Waals surface area contributed by atoms with Gasteiger partial charge in [0.15, 0.2) is 0 Å². The summed E-state index contributed by atoms with van der Waals surface area (Å²) in [4.78, 5) is 2.53. The van der Waals surface area contributed by atoms with Crippen molar-refractivity contribution in [2.45, 2.75) is 12.8 Å². The molecule has 0 aromatic heterocycles. The van der Waals surface area contributed by atoms with Gasteiger partial charge in [0.1, 0.15) is 0 Å². The van der Waals surface area contributed by atoms with Gasteiger partial charge in [0.25, 0.3) is 0 Å². The molecule has 0 N–H and O–H groups in total. The maximum Gasteiger partial charge on any atom is 0.0594 e. The first-order valence-electron chi connectivity index (χ1n) is 10.2. The smallest absolute Gasteiger partial charge is 0.0594 e. The zero-order valence-corrected chi connectivity index (χ0v) is 17.2. The lowest BCUT2D eigenvalue weighted by molar-refractivity contribution is 0.0375. The van der Waals surface area contributed by atoms with Gasteiger partial charge in [0.05, 0.1) is 13.2 Å². The summed E-state index contributed by atoms with van der Waals surface area (Å²) in [6.07, 6.45) is 2.33. The molecule has 1 aliphatic heterocycles. The zero-order valence-electron chi connectivity index (χ0n) is 16.3. The third kappa shape index (κ3) is 4.89. The van der Waals surface area contributed by atoms with Gasteiger partial charge in [0.2, 0.25) is 0 Å². The molecule has 144 valence electrons. The Morgan fingerprint density at radius 2 is 1.29 bits per heavy atom. The van der Waals surface area contributed by atoms with Crippen LogP contribution in [0.3, 0.4) is 0 Å². The molecule has 0 aliphatic carbocycles. The van der Waals surface area contributed by atoms with Crippen LogP contribution < -0.4 is 15.9 Å². The molecule has 4 rings (SSSR count). The minimum atomic E-state index is -0.531. The molecular formula is C25H28NOP. The second-order valence-electron chi connectivity index (χ2n) is 7.19. The Morgan fingerprint density at radius 1 is 0.714 bits per heavy atom. The van der Waals surface area contributed by atoms with E-state index in [9.17, 15) is 0 Å². The van der Waals surface area contributed by atoms with E-state index in [1.807, 2.05) is 0 Å². The minimum absolute atomic E-state index is 0.531. The lowest BCUT2D eigenvalue weighted by Crippen LogP contribution is -2.37. The number of aryl methyl sites for hydroxylation is 1. The van der Waals surface area contributed by atoms with Gasteiger partial charge in [0, 0.05) is 13.1 Å². The van der Waals surface area contributed by atoms with E-state index in [4.69, 9.17) is 4.74 Å². The van der Waals surface area contributed by atoms with Crippen molar-refractivity contribution in [1.29, 1.82) is 0 Å². The topological polar surface area (TPSA) is 12.5 Å². The van der Waals surface area contributed by atoms with Crippen LogP contribution in [-0.4, -0.2) is 37.7 Å². The van der Waals surface area contributed by atoms with Crippen LogP contribution in [0.2, 0.25) is 0 Å². The average Bonchev–Trinajstić information content (AvgIpc) is 2.77. The Morgan fingerprint density at radius 3 is 1.93 bits per heavy atom. The van der Waals surface area contributed by atoms with Crippen LogP contribution in [0.1, 0.15) is 12.0 Å². The lowest BCUT2D eigenvalue weighted by atomic mass is 10.1. The molecule has 3 aromatic rings. The molecule has 1 saturated heterocycles. The molecule has 3 aromatic carbocycles. The first kappa shape index (κ1) is 19.3. The van der Waals surface area contributed by atoms with Crippen molar-refractivity contribution in [2.75, 3.05) is 32.8 Å². The van der Waals surface area contributed by atoms with E-state index in [2.05, 4.69) is 89.8 Å². The van der Waals surface area contributed by atoms with Crippen molar-refractivity contribution in [3.05, 3.63) is 90.5 Å². The SMILES string of the molecule is c1ccc(P(c2ccccc2)c2ccccc2CCCN2CCOCC2)cc1. The fourth-order valence-electron chi connectivity index (χ4n) is 3.84. The highest BCUT2D eigenvalue weighted by molar-refractivity contribution is 7.79. The van der Waals surface area contributed by atoms with Crippen LogP contribution in [0.5, 0.6) is 0 Å². The molecule has 28 heavy (non-hydrogen) atoms. The van der Waals surface area contributed by atoms with Crippen molar-refractivity contribution in [3.63, 3.8) is 0 Å². The summed E-state index contributed by atoms with van der Waals surface area (Å²) in [6, 6.07) is 31.0. The van der Waals surface area contributed by atoms with E-state index in [1.54, 1.807) is 0 Å². The number of benzene rings is 3. The monoisotopic (exact) mass is 389 g/mol. The third-order valence-electron chi connectivity index (χ3n) is 5.29. The largest absolute Gasteiger partial charge is 0.379 e. The summed E-state index contributed by atoms with van der Waals surface area (Å²) in [7, 11) is -0.531. The van der Waals surface area contributed by atoms with Gasteiger partial charge in [-0.1, -0.05) is 84.9 Å². The molecule has 0 atom stereocenters. The summed E-state index contributed by atoms with van der Waals surface area (Å²) in [6.45, 7) is 5.06. The highest BCUT2D eigenvalue weighted by Gasteiger charge is 2.19. The van der Waals surface area contributed by atoms with Crippen molar-refractivity contribution in [2.24, 2.45) is 0 Å². The molecule has 0 bridgehead atoms. The molecule has 1 aliphatic rings. The van der Waals surface area contributed by atoms with Crippen LogP contribution in [0.4, 0.5) is 0 Å². The van der Waals surface area contributed by atoms with E-state index < -0.39 is 7.92 Å². The van der Waals surface area contributed by atoms with Crippen LogP contribution in [0, 0.1) is 0 Å². The van der Waals surface area contributed by atoms with Crippen LogP contribution in [0.15, 0.2) is 84.9 Å². The van der Waals surface area contributed by atoms with E-state index >= 15 is 0 Å². The summed E-state index contributed by atoms with van der Waals surface area (Å²) >= 11 is 0. The molecule has 0 spiro atoms. The van der Waals surface area contributed by atoms with E-state index in [0.29, 0.717) is 0 Å². The number of ether oxygens (including phenoxy) is 1. The van der Waals surface area contributed by atoms with E-state index in [-0.39, 0.29) is 0 Å². The number of morpholine rings is 1. The molecule has 3 heteroatoms. The summed E-state index contributed by atoms with van der Waals surface area (Å²) < 4.78 is 5.47. The number of hydrogen-bond donors (Lipinski definition) is 0. The number of nitrogens with zero attached hydrogens (tertiary/aromatic N) is 1.